The molecule has 0 saturated carbocycles. The molecule has 0 unspecified atom stereocenters. The molecule has 19 heavy (non-hydrogen) atoms. The van der Waals surface area contributed by atoms with Crippen LogP contribution in [0.4, 0.5) is 5.82 Å². The SMILES string of the molecule is CN(Cc1ccccc1)Cc1nc(NN)ccc1Cl. The van der Waals surface area contributed by atoms with E-state index in [0.717, 1.165) is 12.2 Å². The van der Waals surface area contributed by atoms with Gasteiger partial charge in [-0.25, -0.2) is 10.8 Å². The van der Waals surface area contributed by atoms with Crippen molar-refractivity contribution in [1.82, 2.24) is 9.88 Å². The van der Waals surface area contributed by atoms with Gasteiger partial charge in [-0.3, -0.25) is 4.90 Å². The van der Waals surface area contributed by atoms with Crippen LogP contribution in [-0.2, 0) is 13.1 Å². The molecule has 0 fully saturated rings. The number of rotatable bonds is 5. The van der Waals surface area contributed by atoms with Gasteiger partial charge in [0.15, 0.2) is 0 Å². The number of anilines is 1. The molecule has 0 aliphatic heterocycles. The first-order chi connectivity index (χ1) is 9.19. The fourth-order valence-electron chi connectivity index (χ4n) is 1.88. The van der Waals surface area contributed by atoms with Gasteiger partial charge in [0.2, 0.25) is 0 Å². The van der Waals surface area contributed by atoms with Crippen molar-refractivity contribution in [2.75, 3.05) is 12.5 Å². The Balaban J connectivity index is 2.04. The lowest BCUT2D eigenvalue weighted by molar-refractivity contribution is 0.315. The lowest BCUT2D eigenvalue weighted by atomic mass is 10.2. The summed E-state index contributed by atoms with van der Waals surface area (Å²) in [6.07, 6.45) is 0. The molecule has 0 atom stereocenters. The van der Waals surface area contributed by atoms with Crippen LogP contribution in [-0.4, -0.2) is 16.9 Å². The van der Waals surface area contributed by atoms with Crippen LogP contribution in [0.15, 0.2) is 42.5 Å². The third-order valence-electron chi connectivity index (χ3n) is 2.78. The molecule has 100 valence electrons. The lowest BCUT2D eigenvalue weighted by Crippen LogP contribution is -2.19. The summed E-state index contributed by atoms with van der Waals surface area (Å²) in [5.41, 5.74) is 4.60. The van der Waals surface area contributed by atoms with Crippen molar-refractivity contribution < 1.29 is 0 Å². The molecule has 0 amide bonds. The maximum absolute atomic E-state index is 6.14. The highest BCUT2D eigenvalue weighted by molar-refractivity contribution is 6.31. The topological polar surface area (TPSA) is 54.2 Å². The minimum atomic E-state index is 0.618. The van der Waals surface area contributed by atoms with Gasteiger partial charge >= 0.3 is 0 Å². The lowest BCUT2D eigenvalue weighted by Gasteiger charge is -2.17. The van der Waals surface area contributed by atoms with Gasteiger partial charge in [-0.2, -0.15) is 0 Å². The molecule has 4 nitrogen and oxygen atoms in total. The number of hydrogen-bond donors (Lipinski definition) is 2. The zero-order valence-electron chi connectivity index (χ0n) is 10.8. The van der Waals surface area contributed by atoms with Crippen LogP contribution in [0.3, 0.4) is 0 Å². The Morgan fingerprint density at radius 1 is 1.16 bits per heavy atom. The predicted molar refractivity (Wildman–Crippen MR) is 78.7 cm³/mol. The van der Waals surface area contributed by atoms with E-state index in [-0.39, 0.29) is 0 Å². The Morgan fingerprint density at radius 3 is 2.58 bits per heavy atom. The van der Waals surface area contributed by atoms with E-state index >= 15 is 0 Å². The first kappa shape index (κ1) is 13.8. The van der Waals surface area contributed by atoms with Crippen LogP contribution in [0, 0.1) is 0 Å². The van der Waals surface area contributed by atoms with Crippen LogP contribution >= 0.6 is 11.6 Å². The molecule has 0 aliphatic rings. The fourth-order valence-corrected chi connectivity index (χ4v) is 2.05. The number of benzene rings is 1. The van der Waals surface area contributed by atoms with Crippen LogP contribution in [0.25, 0.3) is 0 Å². The van der Waals surface area contributed by atoms with E-state index in [4.69, 9.17) is 17.4 Å². The van der Waals surface area contributed by atoms with Gasteiger partial charge in [-0.05, 0) is 24.7 Å². The summed E-state index contributed by atoms with van der Waals surface area (Å²) in [6, 6.07) is 13.8. The average Bonchev–Trinajstić information content (AvgIpc) is 2.42. The first-order valence-electron chi connectivity index (χ1n) is 6.03. The highest BCUT2D eigenvalue weighted by atomic mass is 35.5. The smallest absolute Gasteiger partial charge is 0.140 e. The quantitative estimate of drug-likeness (QED) is 0.651. The Bertz CT molecular complexity index is 530. The third kappa shape index (κ3) is 3.92. The number of aromatic nitrogens is 1. The number of nitrogens with zero attached hydrogens (tertiary/aromatic N) is 2. The largest absolute Gasteiger partial charge is 0.308 e. The van der Waals surface area contributed by atoms with Crippen LogP contribution in [0.1, 0.15) is 11.3 Å². The Morgan fingerprint density at radius 2 is 1.89 bits per heavy atom. The fraction of sp³-hybridized carbons (Fsp3) is 0.214. The molecule has 1 heterocycles. The molecular formula is C14H17ClN4. The summed E-state index contributed by atoms with van der Waals surface area (Å²) in [5.74, 6) is 5.97. The number of hydrazine groups is 1. The second kappa shape index (κ2) is 6.52. The second-order valence-corrected chi connectivity index (χ2v) is 4.83. The average molecular weight is 277 g/mol. The molecule has 1 aromatic carbocycles. The van der Waals surface area contributed by atoms with Crippen molar-refractivity contribution in [3.05, 3.63) is 58.7 Å². The van der Waals surface area contributed by atoms with Crippen LogP contribution in [0.5, 0.6) is 0 Å². The van der Waals surface area contributed by atoms with Crippen molar-refractivity contribution >= 4 is 17.4 Å². The van der Waals surface area contributed by atoms with E-state index in [9.17, 15) is 0 Å². The molecule has 0 saturated heterocycles. The van der Waals surface area contributed by atoms with E-state index in [1.54, 1.807) is 12.1 Å². The van der Waals surface area contributed by atoms with Gasteiger partial charge in [-0.1, -0.05) is 41.9 Å². The summed E-state index contributed by atoms with van der Waals surface area (Å²) in [4.78, 5) is 6.52. The summed E-state index contributed by atoms with van der Waals surface area (Å²) in [5, 5.41) is 0.652. The maximum atomic E-state index is 6.14. The maximum Gasteiger partial charge on any atom is 0.140 e. The van der Waals surface area contributed by atoms with E-state index in [1.807, 2.05) is 25.2 Å². The van der Waals surface area contributed by atoms with E-state index in [0.29, 0.717) is 17.4 Å². The van der Waals surface area contributed by atoms with Crippen LogP contribution in [0.2, 0.25) is 5.02 Å². The zero-order valence-corrected chi connectivity index (χ0v) is 11.6. The van der Waals surface area contributed by atoms with Crippen molar-refractivity contribution in [1.29, 1.82) is 0 Å². The Kier molecular flexibility index (Phi) is 4.74. The monoisotopic (exact) mass is 276 g/mol. The normalized spacial score (nSPS) is 10.7. The first-order valence-corrected chi connectivity index (χ1v) is 6.41. The molecule has 2 aromatic rings. The van der Waals surface area contributed by atoms with Gasteiger partial charge in [-0.15, -0.1) is 0 Å². The van der Waals surface area contributed by atoms with E-state index in [1.165, 1.54) is 5.56 Å². The number of nitrogens with two attached hydrogens (primary N) is 1. The Labute approximate surface area is 118 Å². The molecule has 0 radical (unpaired) electrons. The molecule has 0 spiro atoms. The summed E-state index contributed by atoms with van der Waals surface area (Å²) in [6.45, 7) is 1.52. The number of halogens is 1. The molecule has 0 bridgehead atoms. The zero-order chi connectivity index (χ0) is 13.7. The number of hydrogen-bond acceptors (Lipinski definition) is 4. The summed E-state index contributed by atoms with van der Waals surface area (Å²) in [7, 11) is 2.04. The van der Waals surface area contributed by atoms with Crippen molar-refractivity contribution in [3.8, 4) is 0 Å². The standard InChI is InChI=1S/C14H17ClN4/c1-19(9-11-5-3-2-4-6-11)10-13-12(15)7-8-14(17-13)18-16/h2-8H,9-10,16H2,1H3,(H,17,18). The molecule has 5 heteroatoms. The van der Waals surface area contributed by atoms with Gasteiger partial charge in [0, 0.05) is 13.1 Å². The van der Waals surface area contributed by atoms with Crippen molar-refractivity contribution in [2.24, 2.45) is 5.84 Å². The minimum absolute atomic E-state index is 0.618. The van der Waals surface area contributed by atoms with Gasteiger partial charge in [0.05, 0.1) is 10.7 Å². The summed E-state index contributed by atoms with van der Waals surface area (Å²) < 4.78 is 0. The summed E-state index contributed by atoms with van der Waals surface area (Å²) >= 11 is 6.14. The van der Waals surface area contributed by atoms with Crippen LogP contribution < -0.4 is 11.3 Å². The third-order valence-corrected chi connectivity index (χ3v) is 3.13. The molecule has 2 rings (SSSR count). The highest BCUT2D eigenvalue weighted by Crippen LogP contribution is 2.18. The predicted octanol–water partition coefficient (Wildman–Crippen LogP) is 2.65. The van der Waals surface area contributed by atoms with Crippen molar-refractivity contribution in [2.45, 2.75) is 13.1 Å². The highest BCUT2D eigenvalue weighted by Gasteiger charge is 2.07. The van der Waals surface area contributed by atoms with E-state index < -0.39 is 0 Å². The number of nitrogen functional groups attached to an aromatic ring is 1. The van der Waals surface area contributed by atoms with E-state index in [2.05, 4.69) is 27.4 Å². The molecular weight excluding hydrogens is 260 g/mol. The Hall–Kier alpha value is -1.62. The molecule has 3 N–H and O–H groups in total. The second-order valence-electron chi connectivity index (χ2n) is 4.43. The van der Waals surface area contributed by atoms with Gasteiger partial charge in [0.25, 0.3) is 0 Å². The number of nitrogens with one attached hydrogen (secondary N) is 1. The minimum Gasteiger partial charge on any atom is -0.308 e. The van der Waals surface area contributed by atoms with Gasteiger partial charge < -0.3 is 5.43 Å². The molecule has 0 aliphatic carbocycles. The molecule has 1 aromatic heterocycles. The van der Waals surface area contributed by atoms with Gasteiger partial charge in [0.1, 0.15) is 5.82 Å². The van der Waals surface area contributed by atoms with Crippen molar-refractivity contribution in [3.63, 3.8) is 0 Å². The number of pyridine rings is 1.